The van der Waals surface area contributed by atoms with Crippen LogP contribution in [0.4, 0.5) is 23.3 Å². The van der Waals surface area contributed by atoms with Gasteiger partial charge in [-0.3, -0.25) is 0 Å². The molecule has 0 saturated carbocycles. The SMILES string of the molecule is N#Cc1ccc(N2CCC(Nc3nc(Nc4cnc5c(c4)ncn5CCO)ncc3Cl)CC2)nc1. The standard InChI is InChI=1S/C23H23ClN10O/c24-18-13-28-23(31-17-9-19-22(27-12-17)34(7-8-35)14-29-19)32-21(18)30-16-3-5-33(6-4-16)20-2-1-15(10-25)11-26-20/h1-2,9,11-14,16,35H,3-8H2,(H2,28,30,31,32). The van der Waals surface area contributed by atoms with E-state index in [1.807, 2.05) is 12.1 Å². The summed E-state index contributed by atoms with van der Waals surface area (Å²) in [4.78, 5) is 24.2. The lowest BCUT2D eigenvalue weighted by molar-refractivity contribution is 0.277. The fourth-order valence-corrected chi connectivity index (χ4v) is 4.18. The number of hydrogen-bond donors (Lipinski definition) is 3. The smallest absolute Gasteiger partial charge is 0.229 e. The van der Waals surface area contributed by atoms with Gasteiger partial charge in [-0.2, -0.15) is 10.2 Å². The molecule has 0 unspecified atom stereocenters. The average Bonchev–Trinajstić information content (AvgIpc) is 3.29. The number of halogens is 1. The number of fused-ring (bicyclic) bond motifs is 1. The number of rotatable bonds is 7. The first kappa shape index (κ1) is 22.8. The Morgan fingerprint density at radius 1 is 1.11 bits per heavy atom. The van der Waals surface area contributed by atoms with Gasteiger partial charge in [0.1, 0.15) is 22.4 Å². The molecule has 1 aliphatic rings. The maximum Gasteiger partial charge on any atom is 0.229 e. The second-order valence-electron chi connectivity index (χ2n) is 8.17. The topological polar surface area (TPSA) is 141 Å². The Morgan fingerprint density at radius 2 is 1.97 bits per heavy atom. The fraction of sp³-hybridized carbons (Fsp3) is 0.304. The molecule has 0 atom stereocenters. The van der Waals surface area contributed by atoms with Gasteiger partial charge in [0.25, 0.3) is 0 Å². The Labute approximate surface area is 206 Å². The normalized spacial score (nSPS) is 14.1. The van der Waals surface area contributed by atoms with Crippen LogP contribution in [-0.4, -0.2) is 60.3 Å². The summed E-state index contributed by atoms with van der Waals surface area (Å²) in [5.41, 5.74) is 2.66. The highest BCUT2D eigenvalue weighted by molar-refractivity contribution is 6.32. The summed E-state index contributed by atoms with van der Waals surface area (Å²) < 4.78 is 1.79. The first-order valence-electron chi connectivity index (χ1n) is 11.2. The van der Waals surface area contributed by atoms with Crippen molar-refractivity contribution in [3.8, 4) is 6.07 Å². The van der Waals surface area contributed by atoms with Crippen LogP contribution in [0, 0.1) is 11.3 Å². The molecule has 0 amide bonds. The van der Waals surface area contributed by atoms with Gasteiger partial charge in [0, 0.05) is 31.9 Å². The molecule has 1 aliphatic heterocycles. The van der Waals surface area contributed by atoms with Gasteiger partial charge >= 0.3 is 0 Å². The van der Waals surface area contributed by atoms with Crippen molar-refractivity contribution in [3.63, 3.8) is 0 Å². The van der Waals surface area contributed by atoms with Crippen LogP contribution in [0.2, 0.25) is 5.02 Å². The lowest BCUT2D eigenvalue weighted by Crippen LogP contribution is -2.39. The van der Waals surface area contributed by atoms with E-state index in [0.717, 1.165) is 31.7 Å². The largest absolute Gasteiger partial charge is 0.395 e. The minimum atomic E-state index is 0.0207. The van der Waals surface area contributed by atoms with Crippen LogP contribution in [0.1, 0.15) is 18.4 Å². The van der Waals surface area contributed by atoms with E-state index in [1.54, 1.807) is 35.6 Å². The molecule has 0 spiro atoms. The number of hydrogen-bond acceptors (Lipinski definition) is 10. The zero-order chi connectivity index (χ0) is 24.2. The third kappa shape index (κ3) is 5.08. The van der Waals surface area contributed by atoms with Crippen LogP contribution in [0.25, 0.3) is 11.2 Å². The second-order valence-corrected chi connectivity index (χ2v) is 8.57. The van der Waals surface area contributed by atoms with Crippen molar-refractivity contribution < 1.29 is 5.11 Å². The molecular weight excluding hydrogens is 468 g/mol. The highest BCUT2D eigenvalue weighted by atomic mass is 35.5. The molecule has 4 aromatic rings. The first-order chi connectivity index (χ1) is 17.1. The summed E-state index contributed by atoms with van der Waals surface area (Å²) >= 11 is 6.37. The second kappa shape index (κ2) is 10.1. The van der Waals surface area contributed by atoms with E-state index in [9.17, 15) is 0 Å². The lowest BCUT2D eigenvalue weighted by atomic mass is 10.0. The molecule has 35 heavy (non-hydrogen) atoms. The maximum atomic E-state index is 9.16. The number of aliphatic hydroxyl groups is 1. The van der Waals surface area contributed by atoms with Crippen molar-refractivity contribution >= 4 is 46.0 Å². The Morgan fingerprint density at radius 3 is 2.71 bits per heavy atom. The van der Waals surface area contributed by atoms with Crippen LogP contribution in [0.3, 0.4) is 0 Å². The summed E-state index contributed by atoms with van der Waals surface area (Å²) in [6.45, 7) is 2.12. The molecule has 5 heterocycles. The lowest BCUT2D eigenvalue weighted by Gasteiger charge is -2.33. The van der Waals surface area contributed by atoms with Crippen molar-refractivity contribution in [3.05, 3.63) is 53.7 Å². The van der Waals surface area contributed by atoms with Gasteiger partial charge in [0.15, 0.2) is 11.5 Å². The summed E-state index contributed by atoms with van der Waals surface area (Å²) in [7, 11) is 0. The van der Waals surface area contributed by atoms with E-state index in [4.69, 9.17) is 22.0 Å². The Kier molecular flexibility index (Phi) is 6.56. The number of nitriles is 1. The minimum Gasteiger partial charge on any atom is -0.395 e. The number of nitrogens with one attached hydrogen (secondary N) is 2. The zero-order valence-corrected chi connectivity index (χ0v) is 19.5. The van der Waals surface area contributed by atoms with E-state index in [0.29, 0.717) is 45.7 Å². The summed E-state index contributed by atoms with van der Waals surface area (Å²) in [6, 6.07) is 7.83. The van der Waals surface area contributed by atoms with Crippen molar-refractivity contribution in [2.75, 3.05) is 35.2 Å². The number of imidazole rings is 1. The van der Waals surface area contributed by atoms with Gasteiger partial charge in [0.2, 0.25) is 5.95 Å². The Balaban J connectivity index is 1.23. The van der Waals surface area contributed by atoms with Crippen LogP contribution in [0.5, 0.6) is 0 Å². The zero-order valence-electron chi connectivity index (χ0n) is 18.8. The third-order valence-corrected chi connectivity index (χ3v) is 6.11. The molecule has 0 radical (unpaired) electrons. The average molecular weight is 491 g/mol. The van der Waals surface area contributed by atoms with Crippen molar-refractivity contribution in [2.45, 2.75) is 25.4 Å². The van der Waals surface area contributed by atoms with Crippen molar-refractivity contribution in [1.82, 2.24) is 29.5 Å². The minimum absolute atomic E-state index is 0.0207. The molecule has 4 aromatic heterocycles. The van der Waals surface area contributed by atoms with Crippen LogP contribution < -0.4 is 15.5 Å². The van der Waals surface area contributed by atoms with Gasteiger partial charge in [-0.15, -0.1) is 0 Å². The van der Waals surface area contributed by atoms with E-state index in [1.165, 1.54) is 0 Å². The van der Waals surface area contributed by atoms with E-state index in [-0.39, 0.29) is 12.6 Å². The Hall–Kier alpha value is -4.01. The number of anilines is 4. The summed E-state index contributed by atoms with van der Waals surface area (Å²) in [5.74, 6) is 1.84. The number of pyridine rings is 2. The Bertz CT molecular complexity index is 1360. The molecular formula is C23H23ClN10O. The number of aliphatic hydroxyl groups excluding tert-OH is 1. The summed E-state index contributed by atoms with van der Waals surface area (Å²) in [6.07, 6.45) is 8.28. The van der Waals surface area contributed by atoms with Crippen LogP contribution >= 0.6 is 11.6 Å². The number of piperidine rings is 1. The molecule has 11 nitrogen and oxygen atoms in total. The molecule has 178 valence electrons. The molecule has 0 aliphatic carbocycles. The highest BCUT2D eigenvalue weighted by Crippen LogP contribution is 2.26. The van der Waals surface area contributed by atoms with Gasteiger partial charge in [-0.05, 0) is 31.0 Å². The van der Waals surface area contributed by atoms with Crippen LogP contribution in [-0.2, 0) is 6.54 Å². The molecule has 3 N–H and O–H groups in total. The first-order valence-corrected chi connectivity index (χ1v) is 11.6. The number of aromatic nitrogens is 6. The highest BCUT2D eigenvalue weighted by Gasteiger charge is 2.21. The van der Waals surface area contributed by atoms with Gasteiger partial charge < -0.3 is 25.2 Å². The fourth-order valence-electron chi connectivity index (χ4n) is 4.03. The maximum absolute atomic E-state index is 9.16. The van der Waals surface area contributed by atoms with Gasteiger partial charge in [0.05, 0.1) is 36.6 Å². The quantitative estimate of drug-likeness (QED) is 0.354. The molecule has 0 aromatic carbocycles. The van der Waals surface area contributed by atoms with Crippen LogP contribution in [0.15, 0.2) is 43.1 Å². The predicted molar refractivity (Wildman–Crippen MR) is 133 cm³/mol. The molecule has 12 heteroatoms. The van der Waals surface area contributed by atoms with Gasteiger partial charge in [-0.1, -0.05) is 11.6 Å². The van der Waals surface area contributed by atoms with E-state index in [2.05, 4.69) is 46.5 Å². The molecule has 1 fully saturated rings. The van der Waals surface area contributed by atoms with Crippen molar-refractivity contribution in [1.29, 1.82) is 5.26 Å². The van der Waals surface area contributed by atoms with E-state index >= 15 is 0 Å². The summed E-state index contributed by atoms with van der Waals surface area (Å²) in [5, 5.41) is 25.2. The van der Waals surface area contributed by atoms with Gasteiger partial charge in [-0.25, -0.2) is 19.9 Å². The third-order valence-electron chi connectivity index (χ3n) is 5.83. The molecule has 1 saturated heterocycles. The molecule has 5 rings (SSSR count). The molecule has 0 bridgehead atoms. The number of nitrogens with zero attached hydrogens (tertiary/aromatic N) is 8. The van der Waals surface area contributed by atoms with E-state index < -0.39 is 0 Å². The monoisotopic (exact) mass is 490 g/mol. The van der Waals surface area contributed by atoms with Crippen molar-refractivity contribution in [2.24, 2.45) is 0 Å². The predicted octanol–water partition coefficient (Wildman–Crippen LogP) is 2.96.